The number of rotatable bonds is 2. The largest absolute Gasteiger partial charge is 0.321 e. The summed E-state index contributed by atoms with van der Waals surface area (Å²) in [5, 5.41) is 2.27. The van der Waals surface area contributed by atoms with Crippen molar-refractivity contribution in [3.05, 3.63) is 34.6 Å². The van der Waals surface area contributed by atoms with Crippen molar-refractivity contribution < 1.29 is 18.8 Å². The van der Waals surface area contributed by atoms with Gasteiger partial charge in [-0.3, -0.25) is 19.7 Å². The summed E-state index contributed by atoms with van der Waals surface area (Å²) in [5.74, 6) is -2.21. The van der Waals surface area contributed by atoms with E-state index in [0.717, 1.165) is 4.90 Å². The van der Waals surface area contributed by atoms with Crippen molar-refractivity contribution in [2.45, 2.75) is 19.4 Å². The zero-order chi connectivity index (χ0) is 14.9. The fourth-order valence-electron chi connectivity index (χ4n) is 1.97. The van der Waals surface area contributed by atoms with Crippen molar-refractivity contribution in [1.82, 2.24) is 10.2 Å². The van der Waals surface area contributed by atoms with E-state index in [-0.39, 0.29) is 23.6 Å². The van der Waals surface area contributed by atoms with Crippen LogP contribution in [-0.4, -0.2) is 35.2 Å². The first-order valence-corrected chi connectivity index (χ1v) is 6.34. The van der Waals surface area contributed by atoms with Crippen molar-refractivity contribution >= 4 is 29.3 Å². The molecule has 1 fully saturated rings. The van der Waals surface area contributed by atoms with Crippen molar-refractivity contribution in [2.24, 2.45) is 0 Å². The van der Waals surface area contributed by atoms with Crippen LogP contribution in [-0.2, 0) is 20.8 Å². The molecule has 5 nitrogen and oxygen atoms in total. The third-order valence-corrected chi connectivity index (χ3v) is 3.49. The number of hydrogen-bond acceptors (Lipinski definition) is 3. The Kier molecular flexibility index (Phi) is 4.04. The minimum Gasteiger partial charge on any atom is -0.321 e. The van der Waals surface area contributed by atoms with Gasteiger partial charge < -0.3 is 4.90 Å². The average molecular weight is 299 g/mol. The third kappa shape index (κ3) is 2.80. The second-order valence-electron chi connectivity index (χ2n) is 4.49. The van der Waals surface area contributed by atoms with E-state index in [4.69, 9.17) is 11.6 Å². The molecular weight excluding hydrogens is 287 g/mol. The van der Waals surface area contributed by atoms with Gasteiger partial charge in [0.25, 0.3) is 0 Å². The van der Waals surface area contributed by atoms with E-state index >= 15 is 0 Å². The Bertz CT molecular complexity index is 571. The number of piperazine rings is 1. The van der Waals surface area contributed by atoms with Crippen molar-refractivity contribution in [1.29, 1.82) is 0 Å². The second kappa shape index (κ2) is 5.58. The van der Waals surface area contributed by atoms with Gasteiger partial charge in [-0.05, 0) is 19.1 Å². The standard InChI is InChI=1S/C13H12ClFN2O3/c1-7-13(20)16-11(18)6-17(7)12(19)5-8-9(14)3-2-4-10(8)15/h2-4,7H,5-6H2,1H3,(H,16,18,20). The molecule has 20 heavy (non-hydrogen) atoms. The van der Waals surface area contributed by atoms with Gasteiger partial charge in [0.1, 0.15) is 18.4 Å². The minimum absolute atomic E-state index is 0.0600. The van der Waals surface area contributed by atoms with E-state index in [2.05, 4.69) is 5.32 Å². The van der Waals surface area contributed by atoms with Crippen LogP contribution in [0.3, 0.4) is 0 Å². The maximum atomic E-state index is 13.6. The Labute approximate surface area is 119 Å². The molecule has 1 N–H and O–H groups in total. The van der Waals surface area contributed by atoms with Crippen molar-refractivity contribution in [3.63, 3.8) is 0 Å². The van der Waals surface area contributed by atoms with Crippen LogP contribution in [0.15, 0.2) is 18.2 Å². The zero-order valence-electron chi connectivity index (χ0n) is 10.7. The molecule has 106 valence electrons. The van der Waals surface area contributed by atoms with Crippen LogP contribution in [0.25, 0.3) is 0 Å². The van der Waals surface area contributed by atoms with Crippen LogP contribution in [0, 0.1) is 5.82 Å². The molecule has 1 heterocycles. The highest BCUT2D eigenvalue weighted by Gasteiger charge is 2.33. The first-order chi connectivity index (χ1) is 9.40. The number of nitrogens with zero attached hydrogens (tertiary/aromatic N) is 1. The maximum Gasteiger partial charge on any atom is 0.249 e. The molecule has 7 heteroatoms. The molecule has 0 radical (unpaired) electrons. The topological polar surface area (TPSA) is 66.5 Å². The lowest BCUT2D eigenvalue weighted by atomic mass is 10.1. The predicted molar refractivity (Wildman–Crippen MR) is 69.4 cm³/mol. The quantitative estimate of drug-likeness (QED) is 0.825. The lowest BCUT2D eigenvalue weighted by molar-refractivity contribution is -0.149. The first-order valence-electron chi connectivity index (χ1n) is 5.96. The van der Waals surface area contributed by atoms with Crippen LogP contribution in [0.1, 0.15) is 12.5 Å². The highest BCUT2D eigenvalue weighted by Crippen LogP contribution is 2.20. The molecular formula is C13H12ClFN2O3. The molecule has 1 aromatic rings. The van der Waals surface area contributed by atoms with E-state index in [9.17, 15) is 18.8 Å². The summed E-state index contributed by atoms with van der Waals surface area (Å²) in [6.07, 6.45) is -0.295. The normalized spacial score (nSPS) is 18.9. The molecule has 0 spiro atoms. The number of nitrogens with one attached hydrogen (secondary N) is 1. The molecule has 3 amide bonds. The Morgan fingerprint density at radius 1 is 1.50 bits per heavy atom. The summed E-state index contributed by atoms with van der Waals surface area (Å²) in [6.45, 7) is 1.28. The van der Waals surface area contributed by atoms with Gasteiger partial charge in [-0.25, -0.2) is 4.39 Å². The first kappa shape index (κ1) is 14.5. The van der Waals surface area contributed by atoms with Crippen LogP contribution in [0.5, 0.6) is 0 Å². The van der Waals surface area contributed by atoms with Gasteiger partial charge >= 0.3 is 0 Å². The number of imide groups is 1. The summed E-state index contributed by atoms with van der Waals surface area (Å²) in [5.41, 5.74) is 0.0600. The molecule has 0 saturated carbocycles. The van der Waals surface area contributed by atoms with Crippen LogP contribution in [0.2, 0.25) is 5.02 Å². The van der Waals surface area contributed by atoms with E-state index in [1.165, 1.54) is 25.1 Å². The molecule has 0 aliphatic carbocycles. The van der Waals surface area contributed by atoms with Gasteiger partial charge in [-0.15, -0.1) is 0 Å². The number of halogens is 2. The zero-order valence-corrected chi connectivity index (χ0v) is 11.4. The maximum absolute atomic E-state index is 13.6. The molecule has 0 aromatic heterocycles. The molecule has 1 unspecified atom stereocenters. The summed E-state index contributed by atoms with van der Waals surface area (Å²) in [4.78, 5) is 36.0. The van der Waals surface area contributed by atoms with Gasteiger partial charge in [0.15, 0.2) is 0 Å². The Balaban J connectivity index is 2.19. The van der Waals surface area contributed by atoms with Gasteiger partial charge in [0.05, 0.1) is 6.42 Å². The average Bonchev–Trinajstić information content (AvgIpc) is 2.38. The molecule has 2 rings (SSSR count). The number of carbonyl (C=O) groups is 3. The molecule has 1 aliphatic rings. The van der Waals surface area contributed by atoms with E-state index in [1.807, 2.05) is 0 Å². The number of hydrogen-bond donors (Lipinski definition) is 1. The minimum atomic E-state index is -0.772. The van der Waals surface area contributed by atoms with Gasteiger partial charge in [-0.1, -0.05) is 17.7 Å². The summed E-state index contributed by atoms with van der Waals surface area (Å²) in [6, 6.07) is 3.34. The predicted octanol–water partition coefficient (Wildman–Crippen LogP) is 0.895. The lowest BCUT2D eigenvalue weighted by Gasteiger charge is -2.31. The number of carbonyl (C=O) groups excluding carboxylic acids is 3. The summed E-state index contributed by atoms with van der Waals surface area (Å²) in [7, 11) is 0. The Morgan fingerprint density at radius 2 is 2.20 bits per heavy atom. The van der Waals surface area contributed by atoms with Crippen LogP contribution < -0.4 is 5.32 Å². The SMILES string of the molecule is CC1C(=O)NC(=O)CN1C(=O)Cc1c(F)cccc1Cl. The highest BCUT2D eigenvalue weighted by atomic mass is 35.5. The Hall–Kier alpha value is -1.95. The second-order valence-corrected chi connectivity index (χ2v) is 4.89. The number of amides is 3. The number of benzene rings is 1. The third-order valence-electron chi connectivity index (χ3n) is 3.13. The molecule has 1 atom stereocenters. The molecule has 0 bridgehead atoms. The molecule has 1 saturated heterocycles. The molecule has 1 aromatic carbocycles. The fraction of sp³-hybridized carbons (Fsp3) is 0.308. The smallest absolute Gasteiger partial charge is 0.249 e. The summed E-state index contributed by atoms with van der Waals surface area (Å²) >= 11 is 5.85. The van der Waals surface area contributed by atoms with Crippen molar-refractivity contribution in [3.8, 4) is 0 Å². The van der Waals surface area contributed by atoms with E-state index < -0.39 is 29.6 Å². The van der Waals surface area contributed by atoms with E-state index in [0.29, 0.717) is 0 Å². The van der Waals surface area contributed by atoms with Crippen LogP contribution in [0.4, 0.5) is 4.39 Å². The van der Waals surface area contributed by atoms with Gasteiger partial charge in [0, 0.05) is 10.6 Å². The highest BCUT2D eigenvalue weighted by molar-refractivity contribution is 6.31. The van der Waals surface area contributed by atoms with Crippen LogP contribution >= 0.6 is 11.6 Å². The molecule has 1 aliphatic heterocycles. The van der Waals surface area contributed by atoms with Gasteiger partial charge in [-0.2, -0.15) is 0 Å². The lowest BCUT2D eigenvalue weighted by Crippen LogP contribution is -2.58. The van der Waals surface area contributed by atoms with Crippen molar-refractivity contribution in [2.75, 3.05) is 6.54 Å². The summed E-state index contributed by atoms with van der Waals surface area (Å²) < 4.78 is 13.6. The van der Waals surface area contributed by atoms with E-state index in [1.54, 1.807) is 0 Å². The Morgan fingerprint density at radius 3 is 2.85 bits per heavy atom. The van der Waals surface area contributed by atoms with Gasteiger partial charge in [0.2, 0.25) is 17.7 Å². The fourth-order valence-corrected chi connectivity index (χ4v) is 2.20. The monoisotopic (exact) mass is 298 g/mol.